The lowest BCUT2D eigenvalue weighted by Crippen LogP contribution is -2.71. The first kappa shape index (κ1) is 22.3. The Morgan fingerprint density at radius 2 is 2.03 bits per heavy atom. The lowest BCUT2D eigenvalue weighted by Gasteiger charge is -2.49. The van der Waals surface area contributed by atoms with Crippen LogP contribution in [0.3, 0.4) is 0 Å². The van der Waals surface area contributed by atoms with Crippen LogP contribution >= 0.6 is 11.8 Å². The molecule has 2 heterocycles. The second kappa shape index (κ2) is 9.18. The minimum Gasteiger partial charge on any atom is -0.477 e. The van der Waals surface area contributed by atoms with E-state index in [-0.39, 0.29) is 18.1 Å². The van der Waals surface area contributed by atoms with E-state index in [2.05, 4.69) is 10.6 Å². The summed E-state index contributed by atoms with van der Waals surface area (Å²) in [6, 6.07) is 4.33. The van der Waals surface area contributed by atoms with E-state index in [1.165, 1.54) is 18.7 Å². The number of carboxylic acid groups (broad SMARTS) is 1. The number of nitrogens with two attached hydrogens (primary N) is 1. The fraction of sp³-hybridized carbons (Fsp3) is 0.316. The van der Waals surface area contributed by atoms with Crippen molar-refractivity contribution in [2.24, 2.45) is 5.73 Å². The molecule has 2 aliphatic rings. The van der Waals surface area contributed by atoms with E-state index in [1.54, 1.807) is 24.3 Å². The molecule has 0 radical (unpaired) electrons. The van der Waals surface area contributed by atoms with Crippen LogP contribution in [0.15, 0.2) is 35.5 Å². The minimum absolute atomic E-state index is 0.225. The zero-order valence-electron chi connectivity index (χ0n) is 16.4. The summed E-state index contributed by atoms with van der Waals surface area (Å²) in [5.74, 6) is -2.82. The Morgan fingerprint density at radius 1 is 1.35 bits per heavy atom. The molecule has 0 aliphatic carbocycles. The SMILES string of the molecule is CC(=O)OCC1=C(C(=O)O)N2C(=O)[C@@H](NC(=O)C(N)c3ccc(NC=O)cc3)[C@H]2SC1. The van der Waals surface area contributed by atoms with Crippen LogP contribution in [0.5, 0.6) is 0 Å². The number of benzene rings is 1. The Labute approximate surface area is 181 Å². The Bertz CT molecular complexity index is 963. The Balaban J connectivity index is 1.69. The highest BCUT2D eigenvalue weighted by molar-refractivity contribution is 8.00. The third-order valence-electron chi connectivity index (χ3n) is 4.78. The predicted octanol–water partition coefficient (Wildman–Crippen LogP) is -0.444. The van der Waals surface area contributed by atoms with Gasteiger partial charge in [-0.3, -0.25) is 24.1 Å². The number of carbonyl (C=O) groups excluding carboxylic acids is 4. The van der Waals surface area contributed by atoms with E-state index in [0.717, 1.165) is 4.90 Å². The zero-order chi connectivity index (χ0) is 22.7. The molecule has 1 aromatic rings. The van der Waals surface area contributed by atoms with Gasteiger partial charge in [0, 0.05) is 23.9 Å². The van der Waals surface area contributed by atoms with E-state index in [4.69, 9.17) is 10.5 Å². The van der Waals surface area contributed by atoms with Gasteiger partial charge >= 0.3 is 11.9 Å². The smallest absolute Gasteiger partial charge is 0.352 e. The van der Waals surface area contributed by atoms with Crippen LogP contribution in [0.4, 0.5) is 5.69 Å². The molecule has 0 saturated carbocycles. The molecule has 0 spiro atoms. The molecule has 0 aromatic heterocycles. The maximum absolute atomic E-state index is 12.6. The summed E-state index contributed by atoms with van der Waals surface area (Å²) in [6.45, 7) is 0.979. The summed E-state index contributed by atoms with van der Waals surface area (Å²) in [7, 11) is 0. The molecular formula is C19H20N4O7S. The molecule has 5 N–H and O–H groups in total. The normalized spacial score (nSPS) is 20.8. The molecule has 2 aliphatic heterocycles. The summed E-state index contributed by atoms with van der Waals surface area (Å²) in [5, 5.41) is 14.0. The Kier molecular flexibility index (Phi) is 6.61. The van der Waals surface area contributed by atoms with E-state index in [9.17, 15) is 29.1 Å². The summed E-state index contributed by atoms with van der Waals surface area (Å²) in [5.41, 5.74) is 7.07. The quantitative estimate of drug-likeness (QED) is 0.234. The van der Waals surface area contributed by atoms with Crippen LogP contribution < -0.4 is 16.4 Å². The van der Waals surface area contributed by atoms with Crippen LogP contribution in [-0.2, 0) is 28.7 Å². The van der Waals surface area contributed by atoms with Crippen LogP contribution in [0.25, 0.3) is 0 Å². The molecule has 1 aromatic carbocycles. The summed E-state index contributed by atoms with van der Waals surface area (Å²) < 4.78 is 4.88. The van der Waals surface area contributed by atoms with Crippen LogP contribution in [0, 0.1) is 0 Å². The number of amides is 3. The van der Waals surface area contributed by atoms with Gasteiger partial charge in [-0.15, -0.1) is 11.8 Å². The van der Waals surface area contributed by atoms with E-state index in [1.807, 2.05) is 0 Å². The predicted molar refractivity (Wildman–Crippen MR) is 109 cm³/mol. The molecule has 11 nitrogen and oxygen atoms in total. The summed E-state index contributed by atoms with van der Waals surface area (Å²) in [4.78, 5) is 59.5. The third-order valence-corrected chi connectivity index (χ3v) is 6.11. The Hall–Kier alpha value is -3.38. The second-order valence-electron chi connectivity index (χ2n) is 6.80. The average Bonchev–Trinajstić information content (AvgIpc) is 2.75. The standard InChI is InChI=1S/C19H20N4O7S/c1-9(25)30-6-11-7-31-18-14(17(27)23(18)15(11)19(28)29)22-16(26)13(20)10-2-4-12(5-3-10)21-8-24/h2-5,8,13-14,18H,6-7,20H2,1H3,(H,21,24)(H,22,26)(H,28,29)/t13?,14-,18-/m1/s1. The lowest BCUT2D eigenvalue weighted by atomic mass is 10.0. The fourth-order valence-electron chi connectivity index (χ4n) is 3.23. The highest BCUT2D eigenvalue weighted by Crippen LogP contribution is 2.40. The Morgan fingerprint density at radius 3 is 2.61 bits per heavy atom. The fourth-order valence-corrected chi connectivity index (χ4v) is 4.56. The van der Waals surface area contributed by atoms with Gasteiger partial charge in [0.25, 0.3) is 5.91 Å². The van der Waals surface area contributed by atoms with Gasteiger partial charge in [0.15, 0.2) is 0 Å². The topological polar surface area (TPSA) is 168 Å². The summed E-state index contributed by atoms with van der Waals surface area (Å²) >= 11 is 1.26. The number of nitrogens with zero attached hydrogens (tertiary/aromatic N) is 1. The van der Waals surface area contributed by atoms with Crippen molar-refractivity contribution in [3.8, 4) is 0 Å². The number of rotatable bonds is 8. The van der Waals surface area contributed by atoms with Gasteiger partial charge in [0.2, 0.25) is 12.3 Å². The first-order chi connectivity index (χ1) is 14.7. The number of anilines is 1. The van der Waals surface area contributed by atoms with Crippen molar-refractivity contribution in [1.82, 2.24) is 10.2 Å². The molecule has 31 heavy (non-hydrogen) atoms. The maximum atomic E-state index is 12.6. The van der Waals surface area contributed by atoms with Crippen molar-refractivity contribution in [3.05, 3.63) is 41.1 Å². The van der Waals surface area contributed by atoms with Gasteiger partial charge in [-0.05, 0) is 17.7 Å². The molecule has 12 heteroatoms. The molecule has 3 rings (SSSR count). The van der Waals surface area contributed by atoms with Gasteiger partial charge < -0.3 is 26.2 Å². The average molecular weight is 448 g/mol. The van der Waals surface area contributed by atoms with Crippen LogP contribution in [0.1, 0.15) is 18.5 Å². The number of carbonyl (C=O) groups is 5. The first-order valence-electron chi connectivity index (χ1n) is 9.14. The highest BCUT2D eigenvalue weighted by Gasteiger charge is 2.54. The maximum Gasteiger partial charge on any atom is 0.352 e. The molecular weight excluding hydrogens is 428 g/mol. The van der Waals surface area contributed by atoms with Crippen LogP contribution in [-0.4, -0.2) is 63.9 Å². The number of hydrogen-bond donors (Lipinski definition) is 4. The van der Waals surface area contributed by atoms with Gasteiger partial charge in [0.1, 0.15) is 29.8 Å². The number of thioether (sulfide) groups is 1. The number of fused-ring (bicyclic) bond motifs is 1. The third kappa shape index (κ3) is 4.54. The molecule has 1 unspecified atom stereocenters. The van der Waals surface area contributed by atoms with Crippen molar-refractivity contribution in [1.29, 1.82) is 0 Å². The number of nitrogens with one attached hydrogen (secondary N) is 2. The lowest BCUT2D eigenvalue weighted by molar-refractivity contribution is -0.151. The largest absolute Gasteiger partial charge is 0.477 e. The van der Waals surface area contributed by atoms with Gasteiger partial charge in [0.05, 0.1) is 0 Å². The summed E-state index contributed by atoms with van der Waals surface area (Å²) in [6.07, 6.45) is 0.523. The van der Waals surface area contributed by atoms with Crippen molar-refractivity contribution >= 4 is 47.6 Å². The van der Waals surface area contributed by atoms with Gasteiger partial charge in [-0.2, -0.15) is 0 Å². The molecule has 3 atom stereocenters. The van der Waals surface area contributed by atoms with Crippen molar-refractivity contribution in [2.45, 2.75) is 24.4 Å². The molecule has 164 valence electrons. The molecule has 1 saturated heterocycles. The van der Waals surface area contributed by atoms with Crippen molar-refractivity contribution in [2.75, 3.05) is 17.7 Å². The zero-order valence-corrected chi connectivity index (χ0v) is 17.2. The number of ether oxygens (including phenoxy) is 1. The van der Waals surface area contributed by atoms with Crippen LogP contribution in [0.2, 0.25) is 0 Å². The van der Waals surface area contributed by atoms with Crippen molar-refractivity contribution in [3.63, 3.8) is 0 Å². The van der Waals surface area contributed by atoms with Crippen molar-refractivity contribution < 1.29 is 33.8 Å². The minimum atomic E-state index is -1.31. The number of β-lactam (4-membered cyclic amide) rings is 1. The van der Waals surface area contributed by atoms with Gasteiger partial charge in [-0.25, -0.2) is 4.79 Å². The number of aliphatic carboxylic acids is 1. The van der Waals surface area contributed by atoms with E-state index >= 15 is 0 Å². The highest BCUT2D eigenvalue weighted by atomic mass is 32.2. The number of hydrogen-bond acceptors (Lipinski definition) is 8. The second-order valence-corrected chi connectivity index (χ2v) is 7.90. The molecule has 3 amide bonds. The van der Waals surface area contributed by atoms with Gasteiger partial charge in [-0.1, -0.05) is 12.1 Å². The molecule has 0 bridgehead atoms. The number of carboxylic acids is 1. The first-order valence-corrected chi connectivity index (χ1v) is 10.2. The molecule has 1 fully saturated rings. The van der Waals surface area contributed by atoms with E-state index < -0.39 is 41.2 Å². The van der Waals surface area contributed by atoms with E-state index in [0.29, 0.717) is 23.2 Å². The monoisotopic (exact) mass is 448 g/mol. The number of esters is 1.